The van der Waals surface area contributed by atoms with E-state index < -0.39 is 6.04 Å². The molecule has 2 aromatic carbocycles. The van der Waals surface area contributed by atoms with Gasteiger partial charge in [-0.3, -0.25) is 14.4 Å². The minimum atomic E-state index is -0.536. The van der Waals surface area contributed by atoms with Gasteiger partial charge >= 0.3 is 0 Å². The van der Waals surface area contributed by atoms with E-state index in [1.54, 1.807) is 0 Å². The summed E-state index contributed by atoms with van der Waals surface area (Å²) in [5.41, 5.74) is 3.24. The average Bonchev–Trinajstić information content (AvgIpc) is 3.23. The van der Waals surface area contributed by atoms with Gasteiger partial charge in [0.05, 0.1) is 50.9 Å². The number of aryl methyl sites for hydroxylation is 1. The van der Waals surface area contributed by atoms with Gasteiger partial charge in [0.15, 0.2) is 5.82 Å². The topological polar surface area (TPSA) is 120 Å². The van der Waals surface area contributed by atoms with Gasteiger partial charge in [0, 0.05) is 22.7 Å². The zero-order valence-electron chi connectivity index (χ0n) is 21.5. The van der Waals surface area contributed by atoms with Gasteiger partial charge in [0.1, 0.15) is 24.2 Å². The minimum absolute atomic E-state index is 0.00834. The summed E-state index contributed by atoms with van der Waals surface area (Å²) in [6.45, 7) is 6.16. The van der Waals surface area contributed by atoms with Crippen molar-refractivity contribution in [3.8, 4) is 11.4 Å². The highest BCUT2D eigenvalue weighted by atomic mass is 35.5. The molecule has 10 nitrogen and oxygen atoms in total. The monoisotopic (exact) mass is 541 g/mol. The number of halogens is 1. The zero-order valence-corrected chi connectivity index (χ0v) is 22.3. The Hall–Kier alpha value is -3.31. The summed E-state index contributed by atoms with van der Waals surface area (Å²) in [6.07, 6.45) is 0.139. The van der Waals surface area contributed by atoms with Crippen molar-refractivity contribution in [3.63, 3.8) is 0 Å². The van der Waals surface area contributed by atoms with E-state index >= 15 is 0 Å². The highest BCUT2D eigenvalue weighted by Crippen LogP contribution is 2.34. The predicted molar refractivity (Wildman–Crippen MR) is 143 cm³/mol. The maximum Gasteiger partial charge on any atom is 0.222 e. The number of hydrogen-bond acceptors (Lipinski definition) is 8. The first kappa shape index (κ1) is 27.7. The molecule has 0 saturated carbocycles. The van der Waals surface area contributed by atoms with E-state index in [1.165, 1.54) is 0 Å². The molecule has 0 saturated heterocycles. The molecule has 0 bridgehead atoms. The molecule has 11 heteroatoms. The van der Waals surface area contributed by atoms with Crippen LogP contribution in [0.15, 0.2) is 47.5 Å². The van der Waals surface area contributed by atoms with E-state index in [0.29, 0.717) is 67.7 Å². The molecule has 4 rings (SSSR count). The first-order valence-corrected chi connectivity index (χ1v) is 13.0. The molecule has 0 aliphatic carbocycles. The summed E-state index contributed by atoms with van der Waals surface area (Å²) < 4.78 is 18.6. The lowest BCUT2D eigenvalue weighted by Crippen LogP contribution is -2.25. The third kappa shape index (κ3) is 6.76. The molecule has 1 aliphatic rings. The summed E-state index contributed by atoms with van der Waals surface area (Å²) >= 11 is 6.17. The van der Waals surface area contributed by atoms with Crippen molar-refractivity contribution < 1.29 is 24.1 Å². The van der Waals surface area contributed by atoms with Crippen molar-refractivity contribution in [2.75, 3.05) is 46.2 Å². The number of ether oxygens (including phenoxy) is 3. The van der Waals surface area contributed by atoms with Crippen LogP contribution in [0.4, 0.5) is 0 Å². The number of rotatable bonds is 13. The van der Waals surface area contributed by atoms with Crippen LogP contribution in [0, 0.1) is 6.92 Å². The Morgan fingerprint density at radius 2 is 1.79 bits per heavy atom. The molecule has 1 aliphatic heterocycles. The van der Waals surface area contributed by atoms with Gasteiger partial charge in [-0.05, 0) is 44.2 Å². The molecule has 0 spiro atoms. The molecule has 1 amide bonds. The summed E-state index contributed by atoms with van der Waals surface area (Å²) in [5, 5.41) is 20.9. The zero-order chi connectivity index (χ0) is 26.9. The Morgan fingerprint density at radius 1 is 1.05 bits per heavy atom. The largest absolute Gasteiger partial charge is 0.491 e. The molecule has 2 heterocycles. The van der Waals surface area contributed by atoms with Crippen LogP contribution in [0.1, 0.15) is 42.2 Å². The Morgan fingerprint density at radius 3 is 2.53 bits per heavy atom. The van der Waals surface area contributed by atoms with E-state index in [2.05, 4.69) is 15.5 Å². The summed E-state index contributed by atoms with van der Waals surface area (Å²) in [5.74, 6) is 1.84. The predicted octanol–water partition coefficient (Wildman–Crippen LogP) is 3.05. The average molecular weight is 542 g/mol. The van der Waals surface area contributed by atoms with Crippen molar-refractivity contribution in [1.29, 1.82) is 0 Å². The number of carbonyl (C=O) groups excluding carboxylic acids is 1. The van der Waals surface area contributed by atoms with E-state index in [-0.39, 0.29) is 18.9 Å². The van der Waals surface area contributed by atoms with Crippen molar-refractivity contribution >= 4 is 23.2 Å². The molecular weight excluding hydrogens is 510 g/mol. The normalized spacial score (nSPS) is 14.3. The third-order valence-corrected chi connectivity index (χ3v) is 6.12. The SMILES string of the molecule is CCNC(=O)C[C@@H]1N=C(c2ccc(Cl)cc2)c2cc(OCCOCCOCCO)ccc2-n2c(C)nnc21. The van der Waals surface area contributed by atoms with Gasteiger partial charge in [-0.2, -0.15) is 0 Å². The van der Waals surface area contributed by atoms with Crippen LogP contribution in [0.2, 0.25) is 5.02 Å². The number of amides is 1. The molecule has 202 valence electrons. The number of carbonyl (C=O) groups is 1. The second-order valence-corrected chi connectivity index (χ2v) is 9.01. The summed E-state index contributed by atoms with van der Waals surface area (Å²) in [6, 6.07) is 12.7. The third-order valence-electron chi connectivity index (χ3n) is 5.87. The lowest BCUT2D eigenvalue weighted by Gasteiger charge is -2.15. The van der Waals surface area contributed by atoms with Crippen molar-refractivity contribution in [2.45, 2.75) is 26.3 Å². The van der Waals surface area contributed by atoms with Gasteiger partial charge in [0.2, 0.25) is 5.91 Å². The van der Waals surface area contributed by atoms with Crippen molar-refractivity contribution in [1.82, 2.24) is 20.1 Å². The summed E-state index contributed by atoms with van der Waals surface area (Å²) in [7, 11) is 0. The van der Waals surface area contributed by atoms with Gasteiger partial charge in [-0.1, -0.05) is 23.7 Å². The second kappa shape index (κ2) is 13.5. The van der Waals surface area contributed by atoms with Crippen molar-refractivity contribution in [2.24, 2.45) is 4.99 Å². The Balaban J connectivity index is 1.65. The molecule has 2 N–H and O–H groups in total. The van der Waals surface area contributed by atoms with E-state index in [1.807, 2.05) is 60.9 Å². The smallest absolute Gasteiger partial charge is 0.222 e. The maximum atomic E-state index is 12.6. The fourth-order valence-electron chi connectivity index (χ4n) is 4.19. The lowest BCUT2D eigenvalue weighted by molar-refractivity contribution is -0.121. The molecule has 1 atom stereocenters. The Kier molecular flexibility index (Phi) is 9.83. The number of aliphatic imine (C=N–C) groups is 1. The molecule has 38 heavy (non-hydrogen) atoms. The Labute approximate surface area is 226 Å². The number of nitrogens with one attached hydrogen (secondary N) is 1. The fourth-order valence-corrected chi connectivity index (χ4v) is 4.32. The Bertz CT molecular complexity index is 1260. The summed E-state index contributed by atoms with van der Waals surface area (Å²) in [4.78, 5) is 17.7. The van der Waals surface area contributed by atoms with Gasteiger partial charge in [0.25, 0.3) is 0 Å². The van der Waals surface area contributed by atoms with Crippen LogP contribution in [0.3, 0.4) is 0 Å². The lowest BCUT2D eigenvalue weighted by atomic mass is 10.00. The maximum absolute atomic E-state index is 12.6. The highest BCUT2D eigenvalue weighted by Gasteiger charge is 2.30. The van der Waals surface area contributed by atoms with Gasteiger partial charge in [-0.15, -0.1) is 10.2 Å². The number of aliphatic hydroxyl groups is 1. The van der Waals surface area contributed by atoms with Crippen LogP contribution < -0.4 is 10.1 Å². The van der Waals surface area contributed by atoms with Crippen LogP contribution >= 0.6 is 11.6 Å². The second-order valence-electron chi connectivity index (χ2n) is 8.57. The van der Waals surface area contributed by atoms with E-state index in [9.17, 15) is 4.79 Å². The minimum Gasteiger partial charge on any atom is -0.491 e. The van der Waals surface area contributed by atoms with Crippen LogP contribution in [-0.4, -0.2) is 77.7 Å². The molecule has 0 fully saturated rings. The fraction of sp³-hybridized carbons (Fsp3) is 0.407. The first-order valence-electron chi connectivity index (χ1n) is 12.6. The number of aliphatic hydroxyl groups excluding tert-OH is 1. The molecule has 0 unspecified atom stereocenters. The highest BCUT2D eigenvalue weighted by molar-refractivity contribution is 6.30. The van der Waals surface area contributed by atoms with Crippen LogP contribution in [0.5, 0.6) is 5.75 Å². The number of nitrogens with zero attached hydrogens (tertiary/aromatic N) is 4. The first-order chi connectivity index (χ1) is 18.5. The van der Waals surface area contributed by atoms with E-state index in [0.717, 1.165) is 16.8 Å². The molecule has 0 radical (unpaired) electrons. The van der Waals surface area contributed by atoms with Crippen LogP contribution in [-0.2, 0) is 14.3 Å². The van der Waals surface area contributed by atoms with Crippen molar-refractivity contribution in [3.05, 3.63) is 70.3 Å². The number of fused-ring (bicyclic) bond motifs is 3. The number of aromatic nitrogens is 3. The number of hydrogen-bond donors (Lipinski definition) is 2. The van der Waals surface area contributed by atoms with Gasteiger partial charge in [-0.25, -0.2) is 0 Å². The standard InChI is InChI=1S/C27H32ClN5O5/c1-3-29-25(35)17-23-27-32-31-18(2)33(27)24-9-8-21(38-15-14-37-13-12-36-11-10-34)16-22(24)26(30-23)19-4-6-20(28)7-5-19/h4-9,16,23,34H,3,10-15,17H2,1-2H3,(H,29,35)/t23-/m0/s1. The molecule has 1 aromatic heterocycles. The quantitative estimate of drug-likeness (QED) is 0.319. The molecule has 3 aromatic rings. The van der Waals surface area contributed by atoms with Crippen LogP contribution in [0.25, 0.3) is 5.69 Å². The molecular formula is C27H32ClN5O5. The van der Waals surface area contributed by atoms with Gasteiger partial charge < -0.3 is 24.6 Å². The van der Waals surface area contributed by atoms with E-state index in [4.69, 9.17) is 35.9 Å². The number of benzene rings is 2.